The molecule has 2 amide bonds. The van der Waals surface area contributed by atoms with Gasteiger partial charge in [0, 0.05) is 17.7 Å². The number of hydrogen-bond donors (Lipinski definition) is 1. The van der Waals surface area contributed by atoms with Crippen LogP contribution in [0.25, 0.3) is 16.9 Å². The van der Waals surface area contributed by atoms with Crippen molar-refractivity contribution in [1.29, 1.82) is 0 Å². The minimum Gasteiger partial charge on any atom is -0.355 e. The van der Waals surface area contributed by atoms with Crippen molar-refractivity contribution in [1.82, 2.24) is 15.1 Å². The smallest absolute Gasteiger partial charge is 0.240 e. The Balaban J connectivity index is 1.80. The summed E-state index contributed by atoms with van der Waals surface area (Å²) >= 11 is 3.24. The Labute approximate surface area is 225 Å². The van der Waals surface area contributed by atoms with E-state index in [1.54, 1.807) is 28.0 Å². The van der Waals surface area contributed by atoms with Gasteiger partial charge in [0.1, 0.15) is 12.4 Å². The first-order valence-electron chi connectivity index (χ1n) is 12.4. The van der Waals surface area contributed by atoms with Crippen LogP contribution in [0.2, 0.25) is 0 Å². The van der Waals surface area contributed by atoms with Gasteiger partial charge in [-0.05, 0) is 59.9 Å². The number of anilines is 1. The Morgan fingerprint density at radius 1 is 1.11 bits per heavy atom. The lowest BCUT2D eigenvalue weighted by Gasteiger charge is -2.24. The maximum absolute atomic E-state index is 13.7. The molecule has 1 atom stereocenters. The lowest BCUT2D eigenvalue weighted by atomic mass is 10.0. The SMILES string of the molecule is CCCNC(=O)CN1C(=O)CSC(c2ccsc2)c2c(-c3ccccc3)nn(-c3cccc(C)c3C)c21. The largest absolute Gasteiger partial charge is 0.355 e. The summed E-state index contributed by atoms with van der Waals surface area (Å²) in [5.41, 5.74) is 7.03. The molecule has 4 aromatic rings. The first-order valence-corrected chi connectivity index (χ1v) is 14.4. The van der Waals surface area contributed by atoms with E-state index < -0.39 is 0 Å². The van der Waals surface area contributed by atoms with Crippen LogP contribution in [0.1, 0.15) is 40.8 Å². The Morgan fingerprint density at radius 2 is 1.92 bits per heavy atom. The van der Waals surface area contributed by atoms with Crippen molar-refractivity contribution in [3.05, 3.63) is 87.6 Å². The number of benzene rings is 2. The molecule has 8 heteroatoms. The van der Waals surface area contributed by atoms with Crippen LogP contribution in [0.4, 0.5) is 5.82 Å². The summed E-state index contributed by atoms with van der Waals surface area (Å²) in [4.78, 5) is 28.3. The van der Waals surface area contributed by atoms with Gasteiger partial charge in [-0.2, -0.15) is 16.4 Å². The molecule has 0 saturated carbocycles. The van der Waals surface area contributed by atoms with Gasteiger partial charge in [-0.25, -0.2) is 4.68 Å². The topological polar surface area (TPSA) is 67.2 Å². The van der Waals surface area contributed by atoms with Crippen LogP contribution in [0, 0.1) is 13.8 Å². The summed E-state index contributed by atoms with van der Waals surface area (Å²) in [6.07, 6.45) is 0.833. The normalized spacial score (nSPS) is 15.4. The third kappa shape index (κ3) is 4.95. The van der Waals surface area contributed by atoms with E-state index in [2.05, 4.69) is 54.2 Å². The number of carbonyl (C=O) groups is 2. The summed E-state index contributed by atoms with van der Waals surface area (Å²) in [7, 11) is 0. The molecule has 0 fully saturated rings. The number of fused-ring (bicyclic) bond motifs is 1. The lowest BCUT2D eigenvalue weighted by Crippen LogP contribution is -2.42. The maximum Gasteiger partial charge on any atom is 0.240 e. The molecule has 3 heterocycles. The van der Waals surface area contributed by atoms with Crippen LogP contribution in [-0.2, 0) is 9.59 Å². The Hall–Kier alpha value is -3.36. The first-order chi connectivity index (χ1) is 18.0. The van der Waals surface area contributed by atoms with Crippen molar-refractivity contribution in [2.45, 2.75) is 32.4 Å². The molecule has 2 aromatic heterocycles. The second kappa shape index (κ2) is 10.9. The molecule has 1 aliphatic rings. The summed E-state index contributed by atoms with van der Waals surface area (Å²) in [5, 5.41) is 12.2. The van der Waals surface area contributed by atoms with E-state index in [1.165, 1.54) is 0 Å². The van der Waals surface area contributed by atoms with E-state index in [1.807, 2.05) is 41.9 Å². The van der Waals surface area contributed by atoms with Crippen molar-refractivity contribution >= 4 is 40.7 Å². The zero-order valence-corrected chi connectivity index (χ0v) is 22.9. The number of aromatic nitrogens is 2. The van der Waals surface area contributed by atoms with Crippen molar-refractivity contribution in [2.75, 3.05) is 23.7 Å². The molecule has 1 N–H and O–H groups in total. The number of rotatable bonds is 7. The first kappa shape index (κ1) is 25.3. The van der Waals surface area contributed by atoms with E-state index in [0.29, 0.717) is 12.4 Å². The number of nitrogens with one attached hydrogen (secondary N) is 1. The number of nitrogens with zero attached hydrogens (tertiary/aromatic N) is 3. The number of thiophene rings is 1. The summed E-state index contributed by atoms with van der Waals surface area (Å²) in [6, 6.07) is 18.3. The van der Waals surface area contributed by atoms with Crippen LogP contribution in [0.15, 0.2) is 65.4 Å². The van der Waals surface area contributed by atoms with Crippen molar-refractivity contribution in [3.63, 3.8) is 0 Å². The molecule has 2 aromatic carbocycles. The van der Waals surface area contributed by atoms with Gasteiger partial charge in [-0.15, -0.1) is 11.8 Å². The highest BCUT2D eigenvalue weighted by molar-refractivity contribution is 8.00. The lowest BCUT2D eigenvalue weighted by molar-refractivity contribution is -0.122. The van der Waals surface area contributed by atoms with E-state index in [-0.39, 0.29) is 29.4 Å². The average molecular weight is 531 g/mol. The molecular formula is C29H30N4O2S2. The van der Waals surface area contributed by atoms with Gasteiger partial charge >= 0.3 is 0 Å². The second-order valence-electron chi connectivity index (χ2n) is 9.16. The van der Waals surface area contributed by atoms with Crippen molar-refractivity contribution in [3.8, 4) is 16.9 Å². The molecule has 190 valence electrons. The molecule has 0 radical (unpaired) electrons. The zero-order valence-electron chi connectivity index (χ0n) is 21.2. The van der Waals surface area contributed by atoms with E-state index in [0.717, 1.165) is 45.6 Å². The summed E-state index contributed by atoms with van der Waals surface area (Å²) in [6.45, 7) is 6.69. The van der Waals surface area contributed by atoms with E-state index in [9.17, 15) is 9.59 Å². The fourth-order valence-electron chi connectivity index (χ4n) is 4.61. The quantitative estimate of drug-likeness (QED) is 0.322. The molecule has 0 spiro atoms. The van der Waals surface area contributed by atoms with Gasteiger partial charge in [-0.1, -0.05) is 49.4 Å². The summed E-state index contributed by atoms with van der Waals surface area (Å²) in [5.74, 6) is 0.680. The van der Waals surface area contributed by atoms with Gasteiger partial charge in [0.05, 0.1) is 22.4 Å². The second-order valence-corrected chi connectivity index (χ2v) is 11.0. The fraction of sp³-hybridized carbons (Fsp3) is 0.276. The standard InChI is InChI=1S/C29H30N4O2S2/c1-4-14-30-24(34)16-32-25(35)18-37-28(22-13-15-36-17-22)26-27(21-10-6-5-7-11-21)31-33(29(26)32)23-12-8-9-19(2)20(23)3/h5-13,15,17,28H,4,14,16,18H2,1-3H3,(H,30,34). The molecule has 1 aliphatic heterocycles. The molecular weight excluding hydrogens is 500 g/mol. The minimum atomic E-state index is -0.171. The molecule has 37 heavy (non-hydrogen) atoms. The van der Waals surface area contributed by atoms with Crippen LogP contribution in [0.3, 0.4) is 0 Å². The number of aryl methyl sites for hydroxylation is 1. The van der Waals surface area contributed by atoms with Gasteiger partial charge in [0.2, 0.25) is 11.8 Å². The van der Waals surface area contributed by atoms with Gasteiger partial charge < -0.3 is 5.32 Å². The fourth-order valence-corrected chi connectivity index (χ4v) is 6.57. The molecule has 6 nitrogen and oxygen atoms in total. The minimum absolute atomic E-state index is 0.0481. The average Bonchev–Trinajstić information content (AvgIpc) is 3.55. The Kier molecular flexibility index (Phi) is 7.48. The van der Waals surface area contributed by atoms with Gasteiger partial charge in [0.15, 0.2) is 0 Å². The zero-order chi connectivity index (χ0) is 25.9. The highest BCUT2D eigenvalue weighted by atomic mass is 32.2. The maximum atomic E-state index is 13.7. The molecule has 5 rings (SSSR count). The monoisotopic (exact) mass is 530 g/mol. The molecule has 0 aliphatic carbocycles. The number of hydrogen-bond acceptors (Lipinski definition) is 5. The summed E-state index contributed by atoms with van der Waals surface area (Å²) < 4.78 is 1.89. The van der Waals surface area contributed by atoms with E-state index in [4.69, 9.17) is 5.10 Å². The predicted octanol–water partition coefficient (Wildman–Crippen LogP) is 5.91. The highest BCUT2D eigenvalue weighted by Crippen LogP contribution is 2.49. The van der Waals surface area contributed by atoms with Crippen LogP contribution in [0.5, 0.6) is 0 Å². The van der Waals surface area contributed by atoms with Crippen molar-refractivity contribution < 1.29 is 9.59 Å². The van der Waals surface area contributed by atoms with Crippen LogP contribution in [-0.4, -0.2) is 40.4 Å². The van der Waals surface area contributed by atoms with Crippen LogP contribution < -0.4 is 10.2 Å². The van der Waals surface area contributed by atoms with Gasteiger partial charge in [-0.3, -0.25) is 14.5 Å². The Bertz CT molecular complexity index is 1410. The third-order valence-electron chi connectivity index (χ3n) is 6.66. The highest BCUT2D eigenvalue weighted by Gasteiger charge is 2.38. The number of carbonyl (C=O) groups excluding carboxylic acids is 2. The van der Waals surface area contributed by atoms with Crippen LogP contribution >= 0.6 is 23.1 Å². The Morgan fingerprint density at radius 3 is 2.65 bits per heavy atom. The molecule has 0 bridgehead atoms. The van der Waals surface area contributed by atoms with Crippen molar-refractivity contribution in [2.24, 2.45) is 0 Å². The molecule has 0 saturated heterocycles. The number of amides is 2. The van der Waals surface area contributed by atoms with E-state index >= 15 is 0 Å². The predicted molar refractivity (Wildman–Crippen MR) is 153 cm³/mol. The number of thioether (sulfide) groups is 1. The third-order valence-corrected chi connectivity index (χ3v) is 8.62. The van der Waals surface area contributed by atoms with Gasteiger partial charge in [0.25, 0.3) is 0 Å². The molecule has 1 unspecified atom stereocenters.